The van der Waals surface area contributed by atoms with E-state index in [0.29, 0.717) is 17.4 Å². The summed E-state index contributed by atoms with van der Waals surface area (Å²) in [5.74, 6) is 1.09. The van der Waals surface area contributed by atoms with Gasteiger partial charge in [0.1, 0.15) is 5.76 Å². The van der Waals surface area contributed by atoms with Crippen LogP contribution in [0.2, 0.25) is 0 Å². The third-order valence-electron chi connectivity index (χ3n) is 4.82. The number of benzene rings is 1. The first-order chi connectivity index (χ1) is 12.2. The molecule has 4 rings (SSSR count). The van der Waals surface area contributed by atoms with Crippen molar-refractivity contribution >= 4 is 16.8 Å². The number of carbonyl (C=O) groups excluding carboxylic acids is 1. The molecule has 1 fully saturated rings. The standard InChI is InChI=1S/C20H21N3O2/c1-14-9-19(22-25-14)20(24)23-8-4-5-15(13-23)10-16-11-17-6-2-3-7-18(17)21-12-16/h2-3,6-7,9,11-12,15H,4-5,8,10,13H2,1H3/t15-/m0/s1. The van der Waals surface area contributed by atoms with Crippen LogP contribution in [0.15, 0.2) is 47.1 Å². The summed E-state index contributed by atoms with van der Waals surface area (Å²) in [5, 5.41) is 5.03. The fourth-order valence-corrected chi connectivity index (χ4v) is 3.61. The smallest absolute Gasteiger partial charge is 0.276 e. The van der Waals surface area contributed by atoms with Gasteiger partial charge in [-0.3, -0.25) is 9.78 Å². The van der Waals surface area contributed by atoms with Crippen molar-refractivity contribution in [3.05, 3.63) is 59.6 Å². The molecule has 1 aromatic carbocycles. The Balaban J connectivity index is 1.46. The van der Waals surface area contributed by atoms with Gasteiger partial charge in [0.05, 0.1) is 5.52 Å². The Labute approximate surface area is 146 Å². The first-order valence-electron chi connectivity index (χ1n) is 8.75. The molecule has 25 heavy (non-hydrogen) atoms. The second-order valence-corrected chi connectivity index (χ2v) is 6.82. The van der Waals surface area contributed by atoms with Crippen LogP contribution in [-0.4, -0.2) is 34.0 Å². The number of fused-ring (bicyclic) bond motifs is 1. The largest absolute Gasteiger partial charge is 0.361 e. The lowest BCUT2D eigenvalue weighted by Gasteiger charge is -2.32. The van der Waals surface area contributed by atoms with Gasteiger partial charge in [-0.1, -0.05) is 23.4 Å². The molecule has 0 bridgehead atoms. The Morgan fingerprint density at radius 2 is 2.20 bits per heavy atom. The molecule has 1 saturated heterocycles. The van der Waals surface area contributed by atoms with Crippen molar-refractivity contribution in [2.45, 2.75) is 26.2 Å². The molecule has 0 N–H and O–H groups in total. The normalized spacial score (nSPS) is 17.8. The number of likely N-dealkylation sites (tertiary alicyclic amines) is 1. The average molecular weight is 335 g/mol. The molecule has 0 spiro atoms. The number of hydrogen-bond donors (Lipinski definition) is 0. The molecule has 3 heterocycles. The summed E-state index contributed by atoms with van der Waals surface area (Å²) in [4.78, 5) is 19.0. The van der Waals surface area contributed by atoms with Crippen LogP contribution in [0.25, 0.3) is 10.9 Å². The van der Waals surface area contributed by atoms with Crippen molar-refractivity contribution in [2.24, 2.45) is 5.92 Å². The first-order valence-corrected chi connectivity index (χ1v) is 8.75. The lowest BCUT2D eigenvalue weighted by molar-refractivity contribution is 0.0663. The molecule has 2 aromatic heterocycles. The predicted octanol–water partition coefficient (Wildman–Crippen LogP) is 3.63. The topological polar surface area (TPSA) is 59.2 Å². The van der Waals surface area contributed by atoms with Crippen LogP contribution in [-0.2, 0) is 6.42 Å². The fraction of sp³-hybridized carbons (Fsp3) is 0.350. The van der Waals surface area contributed by atoms with Crippen LogP contribution >= 0.6 is 0 Å². The third kappa shape index (κ3) is 3.40. The van der Waals surface area contributed by atoms with Gasteiger partial charge in [-0.2, -0.15) is 0 Å². The monoisotopic (exact) mass is 335 g/mol. The average Bonchev–Trinajstić information content (AvgIpc) is 3.07. The number of rotatable bonds is 3. The van der Waals surface area contributed by atoms with Gasteiger partial charge in [-0.05, 0) is 49.8 Å². The van der Waals surface area contributed by atoms with Crippen LogP contribution in [0, 0.1) is 12.8 Å². The molecule has 0 unspecified atom stereocenters. The van der Waals surface area contributed by atoms with Gasteiger partial charge in [0, 0.05) is 30.7 Å². The first kappa shape index (κ1) is 15.8. The fourth-order valence-electron chi connectivity index (χ4n) is 3.61. The van der Waals surface area contributed by atoms with E-state index in [0.717, 1.165) is 37.9 Å². The van der Waals surface area contributed by atoms with Crippen molar-refractivity contribution in [3.63, 3.8) is 0 Å². The summed E-state index contributed by atoms with van der Waals surface area (Å²) < 4.78 is 5.03. The molecule has 1 amide bonds. The Morgan fingerprint density at radius 3 is 3.04 bits per heavy atom. The zero-order valence-electron chi connectivity index (χ0n) is 14.3. The van der Waals surface area contributed by atoms with E-state index in [4.69, 9.17) is 4.52 Å². The van der Waals surface area contributed by atoms with E-state index < -0.39 is 0 Å². The second-order valence-electron chi connectivity index (χ2n) is 6.82. The molecule has 0 aliphatic carbocycles. The van der Waals surface area contributed by atoms with Gasteiger partial charge in [0.2, 0.25) is 0 Å². The molecular formula is C20H21N3O2. The van der Waals surface area contributed by atoms with Crippen molar-refractivity contribution < 1.29 is 9.32 Å². The number of aromatic nitrogens is 2. The van der Waals surface area contributed by atoms with Crippen LogP contribution in [0.1, 0.15) is 34.7 Å². The minimum Gasteiger partial charge on any atom is -0.361 e. The summed E-state index contributed by atoms with van der Waals surface area (Å²) in [6.45, 7) is 3.35. The zero-order chi connectivity index (χ0) is 17.2. The Bertz CT molecular complexity index is 903. The highest BCUT2D eigenvalue weighted by atomic mass is 16.5. The van der Waals surface area contributed by atoms with Crippen LogP contribution in [0.3, 0.4) is 0 Å². The van der Waals surface area contributed by atoms with E-state index in [-0.39, 0.29) is 5.91 Å². The SMILES string of the molecule is Cc1cc(C(=O)N2CCC[C@@H](Cc3cnc4ccccc4c3)C2)no1. The molecule has 1 aliphatic rings. The maximum atomic E-state index is 12.6. The highest BCUT2D eigenvalue weighted by molar-refractivity contribution is 5.92. The molecular weight excluding hydrogens is 314 g/mol. The van der Waals surface area contributed by atoms with Crippen molar-refractivity contribution in [1.29, 1.82) is 0 Å². The molecule has 1 aliphatic heterocycles. The highest BCUT2D eigenvalue weighted by Crippen LogP contribution is 2.23. The number of hydrogen-bond acceptors (Lipinski definition) is 4. The van der Waals surface area contributed by atoms with E-state index in [1.807, 2.05) is 29.3 Å². The van der Waals surface area contributed by atoms with Crippen molar-refractivity contribution in [3.8, 4) is 0 Å². The van der Waals surface area contributed by atoms with E-state index in [1.165, 1.54) is 10.9 Å². The van der Waals surface area contributed by atoms with Gasteiger partial charge in [-0.15, -0.1) is 0 Å². The number of piperidine rings is 1. The number of aryl methyl sites for hydroxylation is 1. The van der Waals surface area contributed by atoms with E-state index >= 15 is 0 Å². The van der Waals surface area contributed by atoms with Gasteiger partial charge < -0.3 is 9.42 Å². The number of carbonyl (C=O) groups is 1. The number of nitrogens with zero attached hydrogens (tertiary/aromatic N) is 3. The Morgan fingerprint density at radius 1 is 1.32 bits per heavy atom. The maximum absolute atomic E-state index is 12.6. The molecule has 0 radical (unpaired) electrons. The molecule has 5 nitrogen and oxygen atoms in total. The third-order valence-corrected chi connectivity index (χ3v) is 4.82. The number of pyridine rings is 1. The molecule has 1 atom stereocenters. The van der Waals surface area contributed by atoms with Crippen LogP contribution < -0.4 is 0 Å². The van der Waals surface area contributed by atoms with Crippen LogP contribution in [0.5, 0.6) is 0 Å². The number of para-hydroxylation sites is 1. The second kappa shape index (κ2) is 6.67. The van der Waals surface area contributed by atoms with Crippen molar-refractivity contribution in [1.82, 2.24) is 15.0 Å². The summed E-state index contributed by atoms with van der Waals surface area (Å²) in [6, 6.07) is 12.1. The lowest BCUT2D eigenvalue weighted by atomic mass is 9.91. The van der Waals surface area contributed by atoms with Crippen molar-refractivity contribution in [2.75, 3.05) is 13.1 Å². The van der Waals surface area contributed by atoms with Crippen LogP contribution in [0.4, 0.5) is 0 Å². The number of amides is 1. The lowest BCUT2D eigenvalue weighted by Crippen LogP contribution is -2.40. The summed E-state index contributed by atoms with van der Waals surface area (Å²) in [7, 11) is 0. The van der Waals surface area contributed by atoms with E-state index in [9.17, 15) is 4.79 Å². The molecule has 0 saturated carbocycles. The molecule has 3 aromatic rings. The van der Waals surface area contributed by atoms with E-state index in [1.54, 1.807) is 13.0 Å². The van der Waals surface area contributed by atoms with Gasteiger partial charge >= 0.3 is 0 Å². The Hall–Kier alpha value is -2.69. The highest BCUT2D eigenvalue weighted by Gasteiger charge is 2.26. The zero-order valence-corrected chi connectivity index (χ0v) is 14.3. The summed E-state index contributed by atoms with van der Waals surface area (Å²) in [6.07, 6.45) is 5.06. The van der Waals surface area contributed by atoms with Gasteiger partial charge in [-0.25, -0.2) is 0 Å². The summed E-state index contributed by atoms with van der Waals surface area (Å²) in [5.41, 5.74) is 2.66. The van der Waals surface area contributed by atoms with Gasteiger partial charge in [0.25, 0.3) is 5.91 Å². The van der Waals surface area contributed by atoms with Gasteiger partial charge in [0.15, 0.2) is 5.69 Å². The predicted molar refractivity (Wildman–Crippen MR) is 95.3 cm³/mol. The summed E-state index contributed by atoms with van der Waals surface area (Å²) >= 11 is 0. The van der Waals surface area contributed by atoms with E-state index in [2.05, 4.69) is 22.3 Å². The maximum Gasteiger partial charge on any atom is 0.276 e. The minimum absolute atomic E-state index is 0.0295. The molecule has 5 heteroatoms. The quantitative estimate of drug-likeness (QED) is 0.733. The minimum atomic E-state index is -0.0295. The Kier molecular flexibility index (Phi) is 4.22. The molecule has 128 valence electrons.